The summed E-state index contributed by atoms with van der Waals surface area (Å²) >= 11 is 1.12. The normalized spacial score (nSPS) is 13.6. The summed E-state index contributed by atoms with van der Waals surface area (Å²) < 4.78 is 24.3. The molecule has 0 aliphatic heterocycles. The molecule has 0 aliphatic rings. The summed E-state index contributed by atoms with van der Waals surface area (Å²) in [6.45, 7) is 2.32. The van der Waals surface area contributed by atoms with Crippen molar-refractivity contribution < 1.29 is 13.9 Å². The number of rotatable bonds is 4. The molecule has 1 atom stereocenters. The molecule has 0 bridgehead atoms. The third-order valence-corrected chi connectivity index (χ3v) is 2.97. The third kappa shape index (κ3) is 2.46. The number of aliphatic hydroxyl groups is 1. The first kappa shape index (κ1) is 11.5. The van der Waals surface area contributed by atoms with Crippen molar-refractivity contribution in [3.63, 3.8) is 0 Å². The number of aliphatic hydroxyl groups excluding tert-OH is 1. The van der Waals surface area contributed by atoms with Gasteiger partial charge < -0.3 is 10.4 Å². The smallest absolute Gasteiger partial charge is 0.270 e. The number of thiazole rings is 1. The molecule has 1 heterocycles. The number of hydrogen-bond acceptors (Lipinski definition) is 4. The van der Waals surface area contributed by atoms with E-state index in [2.05, 4.69) is 10.3 Å². The fourth-order valence-electron chi connectivity index (χ4n) is 1.01. The van der Waals surface area contributed by atoms with Crippen molar-refractivity contribution in [2.75, 3.05) is 7.05 Å². The molecule has 6 heteroatoms. The minimum atomic E-state index is -2.78. The summed E-state index contributed by atoms with van der Waals surface area (Å²) in [6.07, 6.45) is -4.53. The van der Waals surface area contributed by atoms with E-state index in [0.29, 0.717) is 12.2 Å². The predicted molar refractivity (Wildman–Crippen MR) is 50.6 cm³/mol. The molecule has 1 unspecified atom stereocenters. The second kappa shape index (κ2) is 4.77. The Morgan fingerprint density at radius 1 is 1.57 bits per heavy atom. The van der Waals surface area contributed by atoms with Gasteiger partial charge in [0.2, 0.25) is 0 Å². The van der Waals surface area contributed by atoms with Crippen LogP contribution in [-0.2, 0) is 6.54 Å². The van der Waals surface area contributed by atoms with Gasteiger partial charge in [-0.15, -0.1) is 11.3 Å². The lowest BCUT2D eigenvalue weighted by atomic mass is 10.3. The Balaban J connectivity index is 2.84. The quantitative estimate of drug-likeness (QED) is 0.811. The Morgan fingerprint density at radius 3 is 2.71 bits per heavy atom. The molecule has 0 aliphatic carbocycles. The van der Waals surface area contributed by atoms with E-state index in [1.54, 1.807) is 14.0 Å². The van der Waals surface area contributed by atoms with E-state index < -0.39 is 12.5 Å². The van der Waals surface area contributed by atoms with E-state index in [-0.39, 0.29) is 5.01 Å². The number of halogens is 2. The topological polar surface area (TPSA) is 45.1 Å². The van der Waals surface area contributed by atoms with Gasteiger partial charge in [-0.1, -0.05) is 0 Å². The molecule has 0 spiro atoms. The maximum Gasteiger partial charge on any atom is 0.270 e. The van der Waals surface area contributed by atoms with Gasteiger partial charge in [-0.3, -0.25) is 0 Å². The average Bonchev–Trinajstić information content (AvgIpc) is 2.47. The highest BCUT2D eigenvalue weighted by Gasteiger charge is 2.23. The van der Waals surface area contributed by atoms with E-state index in [9.17, 15) is 8.78 Å². The summed E-state index contributed by atoms with van der Waals surface area (Å²) in [5, 5.41) is 12.1. The summed E-state index contributed by atoms with van der Waals surface area (Å²) in [6, 6.07) is 0. The number of hydrogen-bond donors (Lipinski definition) is 2. The maximum atomic E-state index is 12.1. The van der Waals surface area contributed by atoms with Crippen molar-refractivity contribution in [1.29, 1.82) is 0 Å². The van der Waals surface area contributed by atoms with Gasteiger partial charge >= 0.3 is 0 Å². The van der Waals surface area contributed by atoms with Gasteiger partial charge in [0.05, 0.1) is 5.69 Å². The van der Waals surface area contributed by atoms with E-state index in [1.807, 2.05) is 0 Å². The van der Waals surface area contributed by atoms with Crippen molar-refractivity contribution in [3.8, 4) is 0 Å². The van der Waals surface area contributed by atoms with Crippen LogP contribution in [0.1, 0.15) is 21.7 Å². The van der Waals surface area contributed by atoms with Gasteiger partial charge in [0.1, 0.15) is 5.01 Å². The number of nitrogens with zero attached hydrogens (tertiary/aromatic N) is 1. The molecule has 0 amide bonds. The molecule has 1 rings (SSSR count). The van der Waals surface area contributed by atoms with Gasteiger partial charge in [0.25, 0.3) is 6.43 Å². The predicted octanol–water partition coefficient (Wildman–Crippen LogP) is 1.47. The van der Waals surface area contributed by atoms with Crippen molar-refractivity contribution >= 4 is 11.3 Å². The third-order valence-electron chi connectivity index (χ3n) is 1.74. The lowest BCUT2D eigenvalue weighted by Crippen LogP contribution is -2.07. The van der Waals surface area contributed by atoms with Gasteiger partial charge in [-0.25, -0.2) is 13.8 Å². The SMILES string of the molecule is CNCc1sc(C(O)C(F)F)nc1C. The highest BCUT2D eigenvalue weighted by Crippen LogP contribution is 2.27. The first-order valence-electron chi connectivity index (χ1n) is 4.13. The lowest BCUT2D eigenvalue weighted by molar-refractivity contribution is -0.00592. The van der Waals surface area contributed by atoms with Crippen LogP contribution in [0.15, 0.2) is 0 Å². The van der Waals surface area contributed by atoms with Crippen LogP contribution in [0.3, 0.4) is 0 Å². The van der Waals surface area contributed by atoms with Crippen LogP contribution in [0.2, 0.25) is 0 Å². The number of aryl methyl sites for hydroxylation is 1. The van der Waals surface area contributed by atoms with E-state index in [4.69, 9.17) is 5.11 Å². The zero-order valence-electron chi connectivity index (χ0n) is 7.92. The fourth-order valence-corrected chi connectivity index (χ4v) is 2.08. The molecule has 0 saturated carbocycles. The van der Waals surface area contributed by atoms with Gasteiger partial charge in [-0.05, 0) is 14.0 Å². The van der Waals surface area contributed by atoms with Crippen molar-refractivity contribution in [2.45, 2.75) is 26.0 Å². The molecular formula is C8H12F2N2OS. The standard InChI is InChI=1S/C8H12F2N2OS/c1-4-5(3-11-2)14-8(12-4)6(13)7(9)10/h6-7,11,13H,3H2,1-2H3. The number of alkyl halides is 2. The van der Waals surface area contributed by atoms with Crippen LogP contribution < -0.4 is 5.32 Å². The van der Waals surface area contributed by atoms with Crippen molar-refractivity contribution in [1.82, 2.24) is 10.3 Å². The molecule has 0 fully saturated rings. The Kier molecular flexibility index (Phi) is 3.91. The van der Waals surface area contributed by atoms with Crippen molar-refractivity contribution in [2.24, 2.45) is 0 Å². The summed E-state index contributed by atoms with van der Waals surface area (Å²) in [7, 11) is 1.77. The Labute approximate surface area is 84.8 Å². The van der Waals surface area contributed by atoms with Crippen LogP contribution in [-0.4, -0.2) is 23.6 Å². The summed E-state index contributed by atoms with van der Waals surface area (Å²) in [5.74, 6) is 0. The molecule has 0 aromatic carbocycles. The number of nitrogens with one attached hydrogen (secondary N) is 1. The van der Waals surface area contributed by atoms with Crippen LogP contribution in [0.5, 0.6) is 0 Å². The lowest BCUT2D eigenvalue weighted by Gasteiger charge is -2.03. The zero-order chi connectivity index (χ0) is 10.7. The van der Waals surface area contributed by atoms with Gasteiger partial charge in [0, 0.05) is 11.4 Å². The van der Waals surface area contributed by atoms with Crippen molar-refractivity contribution in [3.05, 3.63) is 15.6 Å². The minimum absolute atomic E-state index is 0.0859. The molecule has 14 heavy (non-hydrogen) atoms. The molecule has 0 saturated heterocycles. The highest BCUT2D eigenvalue weighted by molar-refractivity contribution is 7.11. The summed E-state index contributed by atoms with van der Waals surface area (Å²) in [4.78, 5) is 4.78. The molecule has 1 aromatic rings. The zero-order valence-corrected chi connectivity index (χ0v) is 8.74. The molecule has 2 N–H and O–H groups in total. The van der Waals surface area contributed by atoms with E-state index in [1.165, 1.54) is 0 Å². The van der Waals surface area contributed by atoms with Crippen LogP contribution >= 0.6 is 11.3 Å². The molecule has 0 radical (unpaired) electrons. The monoisotopic (exact) mass is 222 g/mol. The minimum Gasteiger partial charge on any atom is -0.380 e. The summed E-state index contributed by atoms with van der Waals surface area (Å²) in [5.41, 5.74) is 0.694. The van der Waals surface area contributed by atoms with Crippen LogP contribution in [0.4, 0.5) is 8.78 Å². The first-order chi connectivity index (χ1) is 6.56. The van der Waals surface area contributed by atoms with Gasteiger partial charge in [-0.2, -0.15) is 0 Å². The highest BCUT2D eigenvalue weighted by atomic mass is 32.1. The molecular weight excluding hydrogens is 210 g/mol. The van der Waals surface area contributed by atoms with Crippen LogP contribution in [0, 0.1) is 6.92 Å². The second-order valence-electron chi connectivity index (χ2n) is 2.87. The Hall–Kier alpha value is -0.590. The largest absolute Gasteiger partial charge is 0.380 e. The van der Waals surface area contributed by atoms with Gasteiger partial charge in [0.15, 0.2) is 6.10 Å². The van der Waals surface area contributed by atoms with E-state index >= 15 is 0 Å². The first-order valence-corrected chi connectivity index (χ1v) is 4.95. The second-order valence-corrected chi connectivity index (χ2v) is 3.99. The van der Waals surface area contributed by atoms with Crippen LogP contribution in [0.25, 0.3) is 0 Å². The fraction of sp³-hybridized carbons (Fsp3) is 0.625. The Morgan fingerprint density at radius 2 is 2.21 bits per heavy atom. The molecule has 1 aromatic heterocycles. The number of aromatic nitrogens is 1. The molecule has 3 nitrogen and oxygen atoms in total. The average molecular weight is 222 g/mol. The molecule has 80 valence electrons. The van der Waals surface area contributed by atoms with E-state index in [0.717, 1.165) is 16.2 Å². The Bertz CT molecular complexity index is 304. The maximum absolute atomic E-state index is 12.1.